The molecule has 2 aromatic rings. The Morgan fingerprint density at radius 3 is 2.81 bits per heavy atom. The molecule has 1 N–H and O–H groups in total. The van der Waals surface area contributed by atoms with Crippen molar-refractivity contribution >= 4 is 5.82 Å². The van der Waals surface area contributed by atoms with Crippen LogP contribution in [0.5, 0.6) is 11.6 Å². The number of aromatic nitrogens is 3. The average molecular weight is 370 g/mol. The highest BCUT2D eigenvalue weighted by atomic mass is 16.5. The molecule has 144 valence electrons. The Morgan fingerprint density at radius 2 is 2.00 bits per heavy atom. The predicted molar refractivity (Wildman–Crippen MR) is 101 cm³/mol. The van der Waals surface area contributed by atoms with Crippen molar-refractivity contribution in [2.75, 3.05) is 25.1 Å². The van der Waals surface area contributed by atoms with Crippen LogP contribution in [-0.2, 0) is 9.47 Å². The number of hydrogen-bond donors (Lipinski definition) is 1. The van der Waals surface area contributed by atoms with Crippen LogP contribution in [0.4, 0.5) is 5.82 Å². The SMILES string of the molecule is Cc1ncccc1Oc1ncnc(NC2CCOC3(CCOCC3)C2)c1C. The number of rotatable bonds is 4. The molecule has 4 rings (SSSR count). The second kappa shape index (κ2) is 7.78. The van der Waals surface area contributed by atoms with Crippen molar-refractivity contribution in [3.05, 3.63) is 35.9 Å². The van der Waals surface area contributed by atoms with Gasteiger partial charge in [-0.15, -0.1) is 0 Å². The standard InChI is InChI=1S/C20H26N4O3/c1-14-18(22-13-23-19(14)27-17-4-3-8-21-15(17)2)24-16-5-9-26-20(12-16)6-10-25-11-7-20/h3-4,8,13,16H,5-7,9-12H2,1-2H3,(H,22,23,24). The number of pyridine rings is 1. The molecule has 2 aliphatic heterocycles. The van der Waals surface area contributed by atoms with Crippen molar-refractivity contribution in [3.63, 3.8) is 0 Å². The van der Waals surface area contributed by atoms with E-state index in [1.807, 2.05) is 26.0 Å². The van der Waals surface area contributed by atoms with Gasteiger partial charge in [0.1, 0.15) is 12.1 Å². The fourth-order valence-electron chi connectivity index (χ4n) is 3.80. The van der Waals surface area contributed by atoms with Crippen LogP contribution in [0.2, 0.25) is 0 Å². The summed E-state index contributed by atoms with van der Waals surface area (Å²) in [5, 5.41) is 3.59. The number of aryl methyl sites for hydroxylation is 1. The minimum atomic E-state index is -0.0543. The van der Waals surface area contributed by atoms with Gasteiger partial charge in [0.15, 0.2) is 5.75 Å². The maximum Gasteiger partial charge on any atom is 0.227 e. The molecule has 0 amide bonds. The molecule has 2 saturated heterocycles. The highest BCUT2D eigenvalue weighted by Crippen LogP contribution is 2.36. The molecule has 0 aliphatic carbocycles. The normalized spacial score (nSPS) is 21.8. The zero-order chi connectivity index (χ0) is 18.7. The molecule has 7 nitrogen and oxygen atoms in total. The minimum Gasteiger partial charge on any atom is -0.437 e. The van der Waals surface area contributed by atoms with E-state index >= 15 is 0 Å². The molecular weight excluding hydrogens is 344 g/mol. The van der Waals surface area contributed by atoms with Crippen molar-refractivity contribution < 1.29 is 14.2 Å². The third kappa shape index (κ3) is 4.04. The molecule has 27 heavy (non-hydrogen) atoms. The van der Waals surface area contributed by atoms with E-state index in [9.17, 15) is 0 Å². The quantitative estimate of drug-likeness (QED) is 0.883. The van der Waals surface area contributed by atoms with Gasteiger partial charge in [-0.1, -0.05) is 0 Å². The van der Waals surface area contributed by atoms with Gasteiger partial charge in [-0.2, -0.15) is 0 Å². The summed E-state index contributed by atoms with van der Waals surface area (Å²) in [6.07, 6.45) is 7.14. The molecule has 0 aromatic carbocycles. The lowest BCUT2D eigenvalue weighted by atomic mass is 9.84. The van der Waals surface area contributed by atoms with E-state index in [1.165, 1.54) is 0 Å². The topological polar surface area (TPSA) is 78.4 Å². The van der Waals surface area contributed by atoms with Crippen molar-refractivity contribution in [3.8, 4) is 11.6 Å². The van der Waals surface area contributed by atoms with Crippen LogP contribution >= 0.6 is 0 Å². The Kier molecular flexibility index (Phi) is 5.22. The zero-order valence-corrected chi connectivity index (χ0v) is 15.9. The molecule has 0 saturated carbocycles. The van der Waals surface area contributed by atoms with Gasteiger partial charge in [0.2, 0.25) is 5.88 Å². The number of anilines is 1. The highest BCUT2D eigenvalue weighted by molar-refractivity contribution is 5.49. The highest BCUT2D eigenvalue weighted by Gasteiger charge is 2.39. The van der Waals surface area contributed by atoms with Gasteiger partial charge < -0.3 is 19.5 Å². The first-order chi connectivity index (χ1) is 13.2. The van der Waals surface area contributed by atoms with Gasteiger partial charge in [-0.25, -0.2) is 9.97 Å². The smallest absolute Gasteiger partial charge is 0.227 e. The summed E-state index contributed by atoms with van der Waals surface area (Å²) in [5.74, 6) is 2.07. The van der Waals surface area contributed by atoms with E-state index in [1.54, 1.807) is 12.5 Å². The Balaban J connectivity index is 1.48. The van der Waals surface area contributed by atoms with Crippen LogP contribution in [0.15, 0.2) is 24.7 Å². The lowest BCUT2D eigenvalue weighted by Crippen LogP contribution is -2.48. The molecule has 0 bridgehead atoms. The third-order valence-electron chi connectivity index (χ3n) is 5.44. The van der Waals surface area contributed by atoms with Gasteiger partial charge in [0.05, 0.1) is 16.9 Å². The third-order valence-corrected chi connectivity index (χ3v) is 5.44. The summed E-state index contributed by atoms with van der Waals surface area (Å²) in [6, 6.07) is 4.07. The first-order valence-electron chi connectivity index (χ1n) is 9.54. The van der Waals surface area contributed by atoms with Crippen molar-refractivity contribution in [2.45, 2.75) is 51.2 Å². The monoisotopic (exact) mass is 370 g/mol. The summed E-state index contributed by atoms with van der Waals surface area (Å²) >= 11 is 0. The van der Waals surface area contributed by atoms with Crippen molar-refractivity contribution in [2.24, 2.45) is 0 Å². The van der Waals surface area contributed by atoms with Crippen LogP contribution in [0, 0.1) is 13.8 Å². The lowest BCUT2D eigenvalue weighted by molar-refractivity contribution is -0.135. The summed E-state index contributed by atoms with van der Waals surface area (Å²) in [5.41, 5.74) is 1.67. The summed E-state index contributed by atoms with van der Waals surface area (Å²) in [4.78, 5) is 13.0. The van der Waals surface area contributed by atoms with Crippen LogP contribution in [-0.4, -0.2) is 46.4 Å². The number of nitrogens with zero attached hydrogens (tertiary/aromatic N) is 3. The average Bonchev–Trinajstić information content (AvgIpc) is 2.67. The van der Waals surface area contributed by atoms with E-state index in [-0.39, 0.29) is 5.60 Å². The molecular formula is C20H26N4O3. The van der Waals surface area contributed by atoms with Gasteiger partial charge in [-0.3, -0.25) is 4.98 Å². The Hall–Kier alpha value is -2.25. The summed E-state index contributed by atoms with van der Waals surface area (Å²) in [7, 11) is 0. The number of ether oxygens (including phenoxy) is 3. The Labute approximate surface area is 159 Å². The number of hydrogen-bond acceptors (Lipinski definition) is 7. The second-order valence-corrected chi connectivity index (χ2v) is 7.32. The number of nitrogens with one attached hydrogen (secondary N) is 1. The molecule has 1 atom stereocenters. The van der Waals surface area contributed by atoms with Crippen LogP contribution in [0.3, 0.4) is 0 Å². The van der Waals surface area contributed by atoms with E-state index in [2.05, 4.69) is 20.3 Å². The first-order valence-corrected chi connectivity index (χ1v) is 9.54. The summed E-state index contributed by atoms with van der Waals surface area (Å²) < 4.78 is 17.6. The minimum absolute atomic E-state index is 0.0543. The van der Waals surface area contributed by atoms with Crippen molar-refractivity contribution in [1.29, 1.82) is 0 Å². The lowest BCUT2D eigenvalue weighted by Gasteiger charge is -2.43. The molecule has 0 radical (unpaired) electrons. The maximum absolute atomic E-state index is 6.14. The Morgan fingerprint density at radius 1 is 1.15 bits per heavy atom. The van der Waals surface area contributed by atoms with Crippen LogP contribution in [0.1, 0.15) is 36.9 Å². The molecule has 1 unspecified atom stereocenters. The maximum atomic E-state index is 6.14. The van der Waals surface area contributed by atoms with E-state index < -0.39 is 0 Å². The second-order valence-electron chi connectivity index (χ2n) is 7.32. The van der Waals surface area contributed by atoms with E-state index in [0.717, 1.165) is 62.6 Å². The van der Waals surface area contributed by atoms with Gasteiger partial charge in [0.25, 0.3) is 0 Å². The van der Waals surface area contributed by atoms with E-state index in [0.29, 0.717) is 17.7 Å². The largest absolute Gasteiger partial charge is 0.437 e. The molecule has 2 fully saturated rings. The molecule has 4 heterocycles. The van der Waals surface area contributed by atoms with E-state index in [4.69, 9.17) is 14.2 Å². The zero-order valence-electron chi connectivity index (χ0n) is 15.9. The molecule has 2 aromatic heterocycles. The van der Waals surface area contributed by atoms with Crippen LogP contribution in [0.25, 0.3) is 0 Å². The summed E-state index contributed by atoms with van der Waals surface area (Å²) in [6.45, 7) is 6.22. The molecule has 1 spiro atoms. The van der Waals surface area contributed by atoms with Gasteiger partial charge in [-0.05, 0) is 51.7 Å². The fraction of sp³-hybridized carbons (Fsp3) is 0.550. The first kappa shape index (κ1) is 18.1. The fourth-order valence-corrected chi connectivity index (χ4v) is 3.80. The van der Waals surface area contributed by atoms with Gasteiger partial charge >= 0.3 is 0 Å². The molecule has 2 aliphatic rings. The van der Waals surface area contributed by atoms with Crippen molar-refractivity contribution in [1.82, 2.24) is 15.0 Å². The van der Waals surface area contributed by atoms with Crippen LogP contribution < -0.4 is 10.1 Å². The van der Waals surface area contributed by atoms with Gasteiger partial charge in [0, 0.05) is 32.1 Å². The predicted octanol–water partition coefficient (Wildman–Crippen LogP) is 3.42. The molecule has 7 heteroatoms. The Bertz CT molecular complexity index is 787.